The molecule has 3 aliphatic rings. The normalized spacial score (nSPS) is 35.1. The number of carbonyl (C=O) groups excluding carboxylic acids is 2. The highest BCUT2D eigenvalue weighted by Gasteiger charge is 2.70. The first-order chi connectivity index (χ1) is 21.4. The van der Waals surface area contributed by atoms with E-state index in [1.165, 1.54) is 12.1 Å². The van der Waals surface area contributed by atoms with E-state index in [9.17, 15) is 43.5 Å². The van der Waals surface area contributed by atoms with Gasteiger partial charge in [0.05, 0.1) is 30.8 Å². The number of carbonyl (C=O) groups is 2. The van der Waals surface area contributed by atoms with Crippen LogP contribution < -0.4 is 5.32 Å². The van der Waals surface area contributed by atoms with E-state index in [-0.39, 0.29) is 11.5 Å². The number of imide groups is 1. The molecule has 3 heterocycles. The smallest absolute Gasteiger partial charge is 0.394 e. The van der Waals surface area contributed by atoms with Gasteiger partial charge in [0.1, 0.15) is 31.1 Å². The molecule has 15 nitrogen and oxygen atoms in total. The standard InChI is InChI=1S/C29H34N2O13S/c1-17-7-9-19(10-8-17)45(39,40)42-16-29(15-33)25(41-14-18-5-3-2-4-6-18)24(37)27(44-29)31(12-11-21(34)30-28(31)38)26-23(36)22(35)20(13-32)43-26/h2-12,20,22-27,32-33,35-37H,13-16H2,1H3/p+1/t20-,22-,23-,24-,25+,26-,27-,29+,31?/m1/s1. The summed E-state index contributed by atoms with van der Waals surface area (Å²) in [5.74, 6) is -0.842. The Morgan fingerprint density at radius 2 is 1.64 bits per heavy atom. The number of hydrogen-bond donors (Lipinski definition) is 6. The third kappa shape index (κ3) is 6.07. The number of hydrogen-bond acceptors (Lipinski definition) is 13. The SMILES string of the molecule is Cc1ccc(S(=O)(=O)OC[C@]2(CO)O[C@@H]([N+]3([C@@H]4O[C@H](CO)[C@@H](O)[C@H]4O)C=CC(=O)NC3=O)[C@H](O)[C@@H]2OCc2ccccc2)cc1. The number of nitrogens with one attached hydrogen (secondary N) is 1. The zero-order valence-electron chi connectivity index (χ0n) is 24.1. The van der Waals surface area contributed by atoms with Crippen molar-refractivity contribution in [3.63, 3.8) is 0 Å². The highest BCUT2D eigenvalue weighted by atomic mass is 32.2. The molecule has 0 radical (unpaired) electrons. The molecule has 2 aromatic rings. The zero-order chi connectivity index (χ0) is 32.6. The van der Waals surface area contributed by atoms with Crippen LogP contribution in [0.2, 0.25) is 0 Å². The molecule has 2 saturated heterocycles. The predicted octanol–water partition coefficient (Wildman–Crippen LogP) is -1.25. The van der Waals surface area contributed by atoms with Crippen molar-refractivity contribution in [2.24, 2.45) is 0 Å². The van der Waals surface area contributed by atoms with Gasteiger partial charge in [-0.3, -0.25) is 8.98 Å². The number of aliphatic hydroxyl groups is 5. The number of aryl methyl sites for hydroxylation is 1. The molecule has 6 N–H and O–H groups in total. The molecular formula is C29H35N2O13S+. The average molecular weight is 652 g/mol. The lowest BCUT2D eigenvalue weighted by Gasteiger charge is -2.43. The number of rotatable bonds is 11. The highest BCUT2D eigenvalue weighted by Crippen LogP contribution is 2.44. The van der Waals surface area contributed by atoms with Crippen LogP contribution in [-0.4, -0.2) is 119 Å². The number of aliphatic hydroxyl groups excluding tert-OH is 5. The zero-order valence-corrected chi connectivity index (χ0v) is 24.9. The van der Waals surface area contributed by atoms with Gasteiger partial charge in [0, 0.05) is 0 Å². The van der Waals surface area contributed by atoms with Crippen LogP contribution in [0.3, 0.4) is 0 Å². The molecule has 0 spiro atoms. The minimum Gasteiger partial charge on any atom is -0.394 e. The molecule has 5 rings (SSSR count). The number of nitrogens with zero attached hydrogens (tertiary/aromatic N) is 1. The van der Waals surface area contributed by atoms with E-state index in [4.69, 9.17) is 18.4 Å². The van der Waals surface area contributed by atoms with Gasteiger partial charge >= 0.3 is 6.03 Å². The predicted molar refractivity (Wildman–Crippen MR) is 151 cm³/mol. The summed E-state index contributed by atoms with van der Waals surface area (Å²) >= 11 is 0. The third-order valence-corrected chi connectivity index (χ3v) is 9.48. The number of ether oxygens (including phenoxy) is 3. The second-order valence-electron chi connectivity index (χ2n) is 11.1. The molecule has 16 heteroatoms. The van der Waals surface area contributed by atoms with Gasteiger partial charge in [-0.2, -0.15) is 12.9 Å². The number of urea groups is 1. The van der Waals surface area contributed by atoms with Gasteiger partial charge in [-0.05, 0) is 24.6 Å². The van der Waals surface area contributed by atoms with Gasteiger partial charge in [0.15, 0.2) is 17.8 Å². The van der Waals surface area contributed by atoms with Crippen molar-refractivity contribution in [1.29, 1.82) is 0 Å². The second-order valence-corrected chi connectivity index (χ2v) is 12.8. The Bertz CT molecular complexity index is 1520. The summed E-state index contributed by atoms with van der Waals surface area (Å²) in [6.45, 7) is -1.01. The Morgan fingerprint density at radius 3 is 2.24 bits per heavy atom. The molecule has 1 unspecified atom stereocenters. The van der Waals surface area contributed by atoms with Gasteiger partial charge in [-0.15, -0.1) is 0 Å². The van der Waals surface area contributed by atoms with Crippen molar-refractivity contribution in [1.82, 2.24) is 5.32 Å². The Hall–Kier alpha value is -3.13. The van der Waals surface area contributed by atoms with E-state index >= 15 is 0 Å². The first-order valence-corrected chi connectivity index (χ1v) is 15.4. The first kappa shape index (κ1) is 33.2. The van der Waals surface area contributed by atoms with E-state index in [0.29, 0.717) is 5.56 Å². The van der Waals surface area contributed by atoms with E-state index in [1.54, 1.807) is 49.4 Å². The molecule has 0 aliphatic carbocycles. The monoisotopic (exact) mass is 651 g/mol. The second kappa shape index (κ2) is 12.9. The molecule has 3 aliphatic heterocycles. The summed E-state index contributed by atoms with van der Waals surface area (Å²) in [6, 6.07) is 13.3. The maximum Gasteiger partial charge on any atom is 0.432 e. The van der Waals surface area contributed by atoms with E-state index in [0.717, 1.165) is 17.8 Å². The van der Waals surface area contributed by atoms with Crippen LogP contribution in [0.4, 0.5) is 4.79 Å². The van der Waals surface area contributed by atoms with Crippen molar-refractivity contribution in [3.8, 4) is 0 Å². The summed E-state index contributed by atoms with van der Waals surface area (Å²) in [7, 11) is -4.44. The fourth-order valence-electron chi connectivity index (χ4n) is 5.71. The van der Waals surface area contributed by atoms with Gasteiger partial charge in [0.2, 0.25) is 12.5 Å². The average Bonchev–Trinajstić information content (AvgIpc) is 3.48. The van der Waals surface area contributed by atoms with Crippen LogP contribution in [0.5, 0.6) is 0 Å². The molecule has 3 amide bonds. The van der Waals surface area contributed by atoms with Crippen LogP contribution in [0.25, 0.3) is 0 Å². The van der Waals surface area contributed by atoms with E-state index in [2.05, 4.69) is 5.32 Å². The molecule has 2 aromatic carbocycles. The van der Waals surface area contributed by atoms with Crippen LogP contribution >= 0.6 is 0 Å². The van der Waals surface area contributed by atoms with E-state index in [1.807, 2.05) is 0 Å². The van der Waals surface area contributed by atoms with Gasteiger partial charge < -0.3 is 39.7 Å². The fraction of sp³-hybridized carbons (Fsp3) is 0.448. The van der Waals surface area contributed by atoms with Crippen molar-refractivity contribution in [2.75, 3.05) is 19.8 Å². The number of amides is 3. The highest BCUT2D eigenvalue weighted by molar-refractivity contribution is 7.86. The lowest BCUT2D eigenvalue weighted by atomic mass is 9.96. The largest absolute Gasteiger partial charge is 0.432 e. The Balaban J connectivity index is 1.55. The first-order valence-electron chi connectivity index (χ1n) is 14.0. The maximum absolute atomic E-state index is 13.6. The lowest BCUT2D eigenvalue weighted by molar-refractivity contribution is -0.905. The summed E-state index contributed by atoms with van der Waals surface area (Å²) in [6.07, 6.45) is -9.98. The van der Waals surface area contributed by atoms with Crippen molar-refractivity contribution in [3.05, 3.63) is 78.0 Å². The quantitative estimate of drug-likeness (QED) is 0.124. The Kier molecular flexibility index (Phi) is 9.55. The summed E-state index contributed by atoms with van der Waals surface area (Å²) in [5.41, 5.74) is -0.706. The van der Waals surface area contributed by atoms with Crippen molar-refractivity contribution in [2.45, 2.75) is 67.0 Å². The lowest BCUT2D eigenvalue weighted by Crippen LogP contribution is -2.71. The topological polar surface area (TPSA) is 218 Å². The van der Waals surface area contributed by atoms with Crippen LogP contribution in [0, 0.1) is 6.92 Å². The van der Waals surface area contributed by atoms with Gasteiger partial charge in [-0.1, -0.05) is 48.0 Å². The third-order valence-electron chi connectivity index (χ3n) is 8.20. The molecule has 45 heavy (non-hydrogen) atoms. The molecule has 0 aromatic heterocycles. The van der Waals surface area contributed by atoms with Crippen LogP contribution in [0.1, 0.15) is 11.1 Å². The minimum absolute atomic E-state index is 0.153. The fourth-order valence-corrected chi connectivity index (χ4v) is 6.67. The molecule has 0 saturated carbocycles. The molecule has 2 fully saturated rings. The molecule has 9 atom stereocenters. The van der Waals surface area contributed by atoms with Crippen LogP contribution in [-0.2, 0) is 39.9 Å². The number of benzene rings is 2. The Labute approximate surface area is 258 Å². The Morgan fingerprint density at radius 1 is 0.956 bits per heavy atom. The van der Waals surface area contributed by atoms with Gasteiger partial charge in [-0.25, -0.2) is 10.1 Å². The van der Waals surface area contributed by atoms with Crippen molar-refractivity contribution < 1.29 is 66.4 Å². The molecule has 244 valence electrons. The molecule has 0 bridgehead atoms. The minimum atomic E-state index is -4.44. The summed E-state index contributed by atoms with van der Waals surface area (Å²) in [5, 5.41) is 55.7. The number of quaternary nitrogens is 1. The maximum atomic E-state index is 13.6. The summed E-state index contributed by atoms with van der Waals surface area (Å²) < 4.78 is 48.2. The summed E-state index contributed by atoms with van der Waals surface area (Å²) in [4.78, 5) is 25.6. The molecular weight excluding hydrogens is 616 g/mol. The van der Waals surface area contributed by atoms with Gasteiger partial charge in [0.25, 0.3) is 16.0 Å². The van der Waals surface area contributed by atoms with Crippen LogP contribution in [0.15, 0.2) is 71.8 Å². The van der Waals surface area contributed by atoms with E-state index < -0.39 is 94.9 Å². The van der Waals surface area contributed by atoms with Crippen molar-refractivity contribution >= 4 is 22.1 Å².